The average Bonchev–Trinajstić information content (AvgIpc) is 3.11. The highest BCUT2D eigenvalue weighted by Crippen LogP contribution is 2.39. The van der Waals surface area contributed by atoms with Crippen LogP contribution < -0.4 is 0 Å². The van der Waals surface area contributed by atoms with Crippen LogP contribution in [0.1, 0.15) is 63.4 Å². The van der Waals surface area contributed by atoms with Gasteiger partial charge in [-0.3, -0.25) is 4.79 Å². The van der Waals surface area contributed by atoms with Crippen molar-refractivity contribution < 1.29 is 25.2 Å². The Hall–Kier alpha value is -2.65. The van der Waals surface area contributed by atoms with Gasteiger partial charge in [-0.1, -0.05) is 73.6 Å². The van der Waals surface area contributed by atoms with Crippen LogP contribution in [0.5, 0.6) is 0 Å². The molecule has 2 unspecified atom stereocenters. The molecule has 3 rings (SSSR count). The Morgan fingerprint density at radius 3 is 2.15 bits per heavy atom. The Balaban J connectivity index is 1.46. The number of carbonyl (C=O) groups is 1. The summed E-state index contributed by atoms with van der Waals surface area (Å²) in [5.74, 6) is 5.15. The van der Waals surface area contributed by atoms with Gasteiger partial charge in [-0.2, -0.15) is 0 Å². The third-order valence-electron chi connectivity index (χ3n) is 6.85. The molecule has 2 aromatic rings. The summed E-state index contributed by atoms with van der Waals surface area (Å²) in [4.78, 5) is 10.6. The molecule has 5 heteroatoms. The molecule has 5 nitrogen and oxygen atoms in total. The summed E-state index contributed by atoms with van der Waals surface area (Å²) < 4.78 is 0. The summed E-state index contributed by atoms with van der Waals surface area (Å²) in [5.41, 5.74) is 3.11. The predicted molar refractivity (Wildman–Crippen MR) is 133 cm³/mol. The lowest BCUT2D eigenvalue weighted by Crippen LogP contribution is -2.23. The van der Waals surface area contributed by atoms with E-state index in [1.807, 2.05) is 42.5 Å². The molecule has 0 aliphatic heterocycles. The maximum Gasteiger partial charge on any atom is 0.303 e. The number of carboxylic acid groups (broad SMARTS) is 1. The van der Waals surface area contributed by atoms with E-state index in [0.717, 1.165) is 42.4 Å². The van der Waals surface area contributed by atoms with Crippen molar-refractivity contribution in [3.63, 3.8) is 0 Å². The average molecular weight is 465 g/mol. The van der Waals surface area contributed by atoms with E-state index in [4.69, 9.17) is 5.11 Å². The summed E-state index contributed by atoms with van der Waals surface area (Å²) in [6.45, 7) is 0. The quantitative estimate of drug-likeness (QED) is 0.287. The van der Waals surface area contributed by atoms with Crippen LogP contribution in [0.3, 0.4) is 0 Å². The van der Waals surface area contributed by atoms with E-state index in [-0.39, 0.29) is 18.3 Å². The van der Waals surface area contributed by atoms with Gasteiger partial charge in [0, 0.05) is 12.0 Å². The van der Waals surface area contributed by atoms with Crippen molar-refractivity contribution >= 4 is 5.97 Å². The van der Waals surface area contributed by atoms with E-state index in [9.17, 15) is 20.1 Å². The molecule has 0 aromatic heterocycles. The normalized spacial score (nSPS) is 22.7. The Morgan fingerprint density at radius 1 is 0.853 bits per heavy atom. The first-order chi connectivity index (χ1) is 16.4. The van der Waals surface area contributed by atoms with Gasteiger partial charge in [0.15, 0.2) is 0 Å². The lowest BCUT2D eigenvalue weighted by atomic mass is 9.85. The Morgan fingerprint density at radius 2 is 1.47 bits per heavy atom. The number of carboxylic acids is 1. The number of unbranched alkanes of at least 4 members (excludes halogenated alkanes) is 3. The maximum absolute atomic E-state index is 10.6. The van der Waals surface area contributed by atoms with Crippen molar-refractivity contribution in [1.82, 2.24) is 0 Å². The van der Waals surface area contributed by atoms with Gasteiger partial charge in [0.2, 0.25) is 0 Å². The summed E-state index contributed by atoms with van der Waals surface area (Å²) in [6.07, 6.45) is 3.97. The number of aliphatic hydroxyl groups excluding tert-OH is 3. The highest BCUT2D eigenvalue weighted by molar-refractivity contribution is 5.66. The predicted octanol–water partition coefficient (Wildman–Crippen LogP) is 4.63. The highest BCUT2D eigenvalue weighted by atomic mass is 16.4. The largest absolute Gasteiger partial charge is 0.481 e. The topological polar surface area (TPSA) is 98.0 Å². The van der Waals surface area contributed by atoms with Crippen molar-refractivity contribution in [3.05, 3.63) is 60.2 Å². The van der Waals surface area contributed by atoms with E-state index in [1.54, 1.807) is 0 Å². The Kier molecular flexibility index (Phi) is 10.2. The molecular weight excluding hydrogens is 428 g/mol. The van der Waals surface area contributed by atoms with E-state index in [2.05, 4.69) is 24.0 Å². The number of aliphatic carboxylic acids is 1. The molecular formula is C29H36O5. The van der Waals surface area contributed by atoms with Crippen LogP contribution in [-0.4, -0.2) is 44.7 Å². The molecule has 0 heterocycles. The number of rotatable bonds is 11. The van der Waals surface area contributed by atoms with Crippen molar-refractivity contribution in [2.45, 2.75) is 76.1 Å². The molecule has 5 atom stereocenters. The minimum absolute atomic E-state index is 0.0140. The van der Waals surface area contributed by atoms with Crippen LogP contribution in [0.4, 0.5) is 0 Å². The first kappa shape index (κ1) is 26.0. The second-order valence-electron chi connectivity index (χ2n) is 9.35. The van der Waals surface area contributed by atoms with Crippen molar-refractivity contribution in [3.8, 4) is 23.0 Å². The molecule has 0 spiro atoms. The molecule has 0 saturated heterocycles. The van der Waals surface area contributed by atoms with Crippen LogP contribution >= 0.6 is 0 Å². The Bertz CT molecular complexity index is 944. The molecule has 1 saturated carbocycles. The first-order valence-electron chi connectivity index (χ1n) is 12.4. The second kappa shape index (κ2) is 13.3. The van der Waals surface area contributed by atoms with E-state index < -0.39 is 24.3 Å². The summed E-state index contributed by atoms with van der Waals surface area (Å²) in [5, 5.41) is 39.9. The third kappa shape index (κ3) is 7.99. The number of hydrogen-bond donors (Lipinski definition) is 4. The van der Waals surface area contributed by atoms with E-state index >= 15 is 0 Å². The van der Waals surface area contributed by atoms with E-state index in [1.165, 1.54) is 0 Å². The van der Waals surface area contributed by atoms with Gasteiger partial charge in [-0.25, -0.2) is 0 Å². The van der Waals surface area contributed by atoms with Gasteiger partial charge in [0.25, 0.3) is 0 Å². The molecule has 182 valence electrons. The zero-order valence-electron chi connectivity index (χ0n) is 19.6. The summed E-state index contributed by atoms with van der Waals surface area (Å²) >= 11 is 0. The lowest BCUT2D eigenvalue weighted by molar-refractivity contribution is -0.137. The molecule has 0 radical (unpaired) electrons. The fraction of sp³-hybridized carbons (Fsp3) is 0.483. The number of hydrogen-bond acceptors (Lipinski definition) is 4. The highest BCUT2D eigenvalue weighted by Gasteiger charge is 2.40. The zero-order chi connectivity index (χ0) is 24.3. The minimum Gasteiger partial charge on any atom is -0.481 e. The molecule has 34 heavy (non-hydrogen) atoms. The van der Waals surface area contributed by atoms with Crippen molar-refractivity contribution in [2.75, 3.05) is 0 Å². The van der Waals surface area contributed by atoms with Gasteiger partial charge in [-0.15, -0.1) is 0 Å². The van der Waals surface area contributed by atoms with Crippen LogP contribution in [0, 0.1) is 23.7 Å². The molecule has 0 amide bonds. The second-order valence-corrected chi connectivity index (χ2v) is 9.35. The van der Waals surface area contributed by atoms with Gasteiger partial charge in [0.1, 0.15) is 6.10 Å². The molecule has 4 N–H and O–H groups in total. The van der Waals surface area contributed by atoms with Crippen molar-refractivity contribution in [1.29, 1.82) is 0 Å². The summed E-state index contributed by atoms with van der Waals surface area (Å²) in [6, 6.07) is 18.1. The number of benzene rings is 2. The van der Waals surface area contributed by atoms with Crippen LogP contribution in [-0.2, 0) is 4.79 Å². The van der Waals surface area contributed by atoms with Crippen LogP contribution in [0.15, 0.2) is 54.6 Å². The molecule has 1 aliphatic rings. The Labute approximate surface area is 202 Å². The zero-order valence-corrected chi connectivity index (χ0v) is 19.6. The smallest absolute Gasteiger partial charge is 0.303 e. The first-order valence-corrected chi connectivity index (χ1v) is 12.4. The minimum atomic E-state index is -0.782. The molecule has 0 bridgehead atoms. The third-order valence-corrected chi connectivity index (χ3v) is 6.85. The van der Waals surface area contributed by atoms with Crippen LogP contribution in [0.2, 0.25) is 0 Å². The maximum atomic E-state index is 10.6. The SMILES string of the molecule is O=C(O)CCCCCC[C@@H]1C(CCC(O)C#Cc2ccc(-c3ccccc3)cc2)[C@H](O)C[C@@H]1O. The van der Waals surface area contributed by atoms with Gasteiger partial charge in [0.05, 0.1) is 12.2 Å². The standard InChI is InChI=1S/C29H36O5/c30-24(17-14-21-12-15-23(16-13-21)22-8-4-3-5-9-22)18-19-26-25(27(31)20-28(26)32)10-6-1-2-7-11-29(33)34/h3-5,8-9,12-13,15-16,24-28,30-32H,1-2,6-7,10-11,18-20H2,(H,33,34)/t24?,25-,26?,27+,28-/m1/s1. The summed E-state index contributed by atoms with van der Waals surface area (Å²) in [7, 11) is 0. The molecule has 2 aromatic carbocycles. The lowest BCUT2D eigenvalue weighted by Gasteiger charge is -2.24. The van der Waals surface area contributed by atoms with E-state index in [0.29, 0.717) is 25.7 Å². The van der Waals surface area contributed by atoms with Crippen LogP contribution in [0.25, 0.3) is 11.1 Å². The monoisotopic (exact) mass is 464 g/mol. The molecule has 1 fully saturated rings. The van der Waals surface area contributed by atoms with Crippen molar-refractivity contribution in [2.24, 2.45) is 11.8 Å². The van der Waals surface area contributed by atoms with Gasteiger partial charge < -0.3 is 20.4 Å². The van der Waals surface area contributed by atoms with Gasteiger partial charge >= 0.3 is 5.97 Å². The molecule has 1 aliphatic carbocycles. The van der Waals surface area contributed by atoms with Gasteiger partial charge in [-0.05, 0) is 67.2 Å². The fourth-order valence-electron chi connectivity index (χ4n) is 4.96. The number of aliphatic hydroxyl groups is 3. The fourth-order valence-corrected chi connectivity index (χ4v) is 4.96.